The van der Waals surface area contributed by atoms with Crippen LogP contribution in [0.3, 0.4) is 0 Å². The van der Waals surface area contributed by atoms with E-state index in [9.17, 15) is 13.2 Å². The Kier molecular flexibility index (Phi) is 5.63. The smallest absolute Gasteiger partial charge is 0.283 e. The van der Waals surface area contributed by atoms with Crippen LogP contribution in [0.25, 0.3) is 0 Å². The third-order valence-electron chi connectivity index (χ3n) is 2.37. The van der Waals surface area contributed by atoms with Crippen molar-refractivity contribution in [3.05, 3.63) is 12.7 Å². The maximum atomic E-state index is 11.0. The Morgan fingerprint density at radius 2 is 2.19 bits per heavy atom. The van der Waals surface area contributed by atoms with E-state index in [1.165, 1.54) is 0 Å². The maximum absolute atomic E-state index is 11.0. The third-order valence-corrected chi connectivity index (χ3v) is 3.89. The summed E-state index contributed by atoms with van der Waals surface area (Å²) in [4.78, 5) is 9.14. The lowest BCUT2D eigenvalue weighted by Gasteiger charge is -2.24. The van der Waals surface area contributed by atoms with Crippen LogP contribution in [0, 0.1) is 0 Å². The van der Waals surface area contributed by atoms with E-state index in [0.29, 0.717) is 13.0 Å². The number of hydrogen-bond donors (Lipinski definition) is 3. The van der Waals surface area contributed by atoms with E-state index < -0.39 is 15.0 Å². The molecule has 0 rings (SSSR count). The van der Waals surface area contributed by atoms with Crippen molar-refractivity contribution in [1.29, 1.82) is 0 Å². The standard InChI is InChI=1S/C9H18N2O4S/c1-3-8(12)11-7-5-6-9(10,4-2)16(13,14)15/h3H,1,4-7,10H2,2H3,(H,11,12)(H,13,14,15). The van der Waals surface area contributed by atoms with E-state index in [-0.39, 0.29) is 18.7 Å². The lowest BCUT2D eigenvalue weighted by atomic mass is 10.1. The monoisotopic (exact) mass is 250 g/mol. The number of rotatable bonds is 7. The number of amides is 1. The fraction of sp³-hybridized carbons (Fsp3) is 0.667. The molecule has 0 aromatic rings. The lowest BCUT2D eigenvalue weighted by Crippen LogP contribution is -2.47. The molecule has 7 heteroatoms. The van der Waals surface area contributed by atoms with Crippen molar-refractivity contribution >= 4 is 16.0 Å². The predicted molar refractivity (Wildman–Crippen MR) is 61.2 cm³/mol. The number of nitrogens with two attached hydrogens (primary N) is 1. The van der Waals surface area contributed by atoms with E-state index in [1.54, 1.807) is 6.92 Å². The molecule has 0 fully saturated rings. The van der Waals surface area contributed by atoms with Gasteiger partial charge in [0.05, 0.1) is 0 Å². The minimum Gasteiger partial charge on any atom is -0.353 e. The van der Waals surface area contributed by atoms with Gasteiger partial charge in [-0.3, -0.25) is 9.35 Å². The SMILES string of the molecule is C=CC(=O)NCCCC(N)(CC)S(=O)(=O)O. The van der Waals surface area contributed by atoms with Crippen LogP contribution in [0.4, 0.5) is 0 Å². The van der Waals surface area contributed by atoms with Crippen LogP contribution in [-0.2, 0) is 14.9 Å². The molecule has 0 saturated carbocycles. The molecule has 0 aromatic heterocycles. The van der Waals surface area contributed by atoms with Crippen LogP contribution in [0.15, 0.2) is 12.7 Å². The van der Waals surface area contributed by atoms with Gasteiger partial charge in [-0.1, -0.05) is 13.5 Å². The van der Waals surface area contributed by atoms with Crippen LogP contribution in [0.2, 0.25) is 0 Å². The molecular weight excluding hydrogens is 232 g/mol. The van der Waals surface area contributed by atoms with Crippen molar-refractivity contribution in [1.82, 2.24) is 5.32 Å². The molecule has 1 atom stereocenters. The van der Waals surface area contributed by atoms with Gasteiger partial charge in [0.1, 0.15) is 4.87 Å². The number of nitrogens with one attached hydrogen (secondary N) is 1. The molecule has 1 amide bonds. The summed E-state index contributed by atoms with van der Waals surface area (Å²) >= 11 is 0. The van der Waals surface area contributed by atoms with Crippen molar-refractivity contribution in [2.45, 2.75) is 31.1 Å². The maximum Gasteiger partial charge on any atom is 0.283 e. The molecule has 94 valence electrons. The topological polar surface area (TPSA) is 109 Å². The van der Waals surface area contributed by atoms with Crippen LogP contribution < -0.4 is 11.1 Å². The first-order valence-electron chi connectivity index (χ1n) is 4.93. The largest absolute Gasteiger partial charge is 0.353 e. The molecule has 0 heterocycles. The Bertz CT molecular complexity index is 353. The molecule has 0 radical (unpaired) electrons. The van der Waals surface area contributed by atoms with Gasteiger partial charge in [0.25, 0.3) is 10.1 Å². The summed E-state index contributed by atoms with van der Waals surface area (Å²) in [5.41, 5.74) is 5.55. The van der Waals surface area contributed by atoms with Crippen molar-refractivity contribution in [2.24, 2.45) is 5.73 Å². The Hall–Kier alpha value is -0.920. The highest BCUT2D eigenvalue weighted by Crippen LogP contribution is 2.19. The highest BCUT2D eigenvalue weighted by molar-refractivity contribution is 7.87. The number of carbonyl (C=O) groups is 1. The zero-order chi connectivity index (χ0) is 12.8. The normalized spacial score (nSPS) is 15.2. The van der Waals surface area contributed by atoms with Crippen LogP contribution >= 0.6 is 0 Å². The Morgan fingerprint density at radius 1 is 1.62 bits per heavy atom. The van der Waals surface area contributed by atoms with Crippen LogP contribution in [0.1, 0.15) is 26.2 Å². The number of carbonyl (C=O) groups excluding carboxylic acids is 1. The summed E-state index contributed by atoms with van der Waals surface area (Å²) < 4.78 is 30.9. The van der Waals surface area contributed by atoms with Gasteiger partial charge >= 0.3 is 0 Å². The second-order valence-corrected chi connectivity index (χ2v) is 5.26. The third kappa shape index (κ3) is 4.30. The van der Waals surface area contributed by atoms with Gasteiger partial charge in [-0.05, 0) is 25.3 Å². The summed E-state index contributed by atoms with van der Waals surface area (Å²) in [6, 6.07) is 0. The van der Waals surface area contributed by atoms with E-state index in [2.05, 4.69) is 11.9 Å². The minimum absolute atomic E-state index is 0.0831. The average Bonchev–Trinajstić information content (AvgIpc) is 2.21. The first kappa shape index (κ1) is 15.1. The van der Waals surface area contributed by atoms with Crippen molar-refractivity contribution in [3.8, 4) is 0 Å². The highest BCUT2D eigenvalue weighted by Gasteiger charge is 2.36. The van der Waals surface area contributed by atoms with Crippen LogP contribution in [0.5, 0.6) is 0 Å². The van der Waals surface area contributed by atoms with Crippen molar-refractivity contribution in [2.75, 3.05) is 6.54 Å². The van der Waals surface area contributed by atoms with Gasteiger partial charge in [0.15, 0.2) is 0 Å². The zero-order valence-corrected chi connectivity index (χ0v) is 10.1. The summed E-state index contributed by atoms with van der Waals surface area (Å²) in [5, 5.41) is 2.49. The predicted octanol–water partition coefficient (Wildman–Crippen LogP) is 0.0216. The molecule has 0 aromatic carbocycles. The molecule has 6 nitrogen and oxygen atoms in total. The molecule has 4 N–H and O–H groups in total. The van der Waals surface area contributed by atoms with Crippen molar-refractivity contribution < 1.29 is 17.8 Å². The van der Waals surface area contributed by atoms with E-state index >= 15 is 0 Å². The molecule has 0 spiro atoms. The number of hydrogen-bond acceptors (Lipinski definition) is 4. The van der Waals surface area contributed by atoms with Crippen LogP contribution in [-0.4, -0.2) is 30.3 Å². The lowest BCUT2D eigenvalue weighted by molar-refractivity contribution is -0.116. The highest BCUT2D eigenvalue weighted by atomic mass is 32.2. The summed E-state index contributed by atoms with van der Waals surface area (Å²) in [7, 11) is -4.28. The molecule has 0 aliphatic heterocycles. The Balaban J connectivity index is 4.18. The first-order chi connectivity index (χ1) is 7.27. The fourth-order valence-electron chi connectivity index (χ4n) is 1.16. The van der Waals surface area contributed by atoms with Gasteiger partial charge in [-0.25, -0.2) is 0 Å². The molecular formula is C9H18N2O4S. The molecule has 16 heavy (non-hydrogen) atoms. The van der Waals surface area contributed by atoms with E-state index in [1.807, 2.05) is 0 Å². The van der Waals surface area contributed by atoms with E-state index in [4.69, 9.17) is 10.3 Å². The molecule has 0 aliphatic rings. The molecule has 0 saturated heterocycles. The average molecular weight is 250 g/mol. The quantitative estimate of drug-likeness (QED) is 0.335. The van der Waals surface area contributed by atoms with Crippen molar-refractivity contribution in [3.63, 3.8) is 0 Å². The summed E-state index contributed by atoms with van der Waals surface area (Å²) in [5.74, 6) is -0.328. The molecule has 0 aliphatic carbocycles. The zero-order valence-electron chi connectivity index (χ0n) is 9.27. The molecule has 1 unspecified atom stereocenters. The second-order valence-electron chi connectivity index (χ2n) is 3.49. The second kappa shape index (κ2) is 5.97. The van der Waals surface area contributed by atoms with Gasteiger partial charge in [-0.2, -0.15) is 8.42 Å². The van der Waals surface area contributed by atoms with Gasteiger partial charge in [-0.15, -0.1) is 0 Å². The Labute approximate surface area is 95.6 Å². The molecule has 0 bridgehead atoms. The summed E-state index contributed by atoms with van der Waals surface area (Å²) in [6.07, 6.45) is 1.68. The minimum atomic E-state index is -4.28. The Morgan fingerprint density at radius 3 is 2.56 bits per heavy atom. The van der Waals surface area contributed by atoms with Gasteiger partial charge in [0.2, 0.25) is 5.91 Å². The first-order valence-corrected chi connectivity index (χ1v) is 6.37. The van der Waals surface area contributed by atoms with Gasteiger partial charge in [0, 0.05) is 6.54 Å². The summed E-state index contributed by atoms with van der Waals surface area (Å²) in [6.45, 7) is 5.14. The van der Waals surface area contributed by atoms with E-state index in [0.717, 1.165) is 6.08 Å². The fourth-order valence-corrected chi connectivity index (χ4v) is 1.93. The van der Waals surface area contributed by atoms with Gasteiger partial charge < -0.3 is 11.1 Å².